The molecule has 0 spiro atoms. The Balaban J connectivity index is 1.84. The molecule has 0 radical (unpaired) electrons. The predicted molar refractivity (Wildman–Crippen MR) is 92.1 cm³/mol. The second-order valence-electron chi connectivity index (χ2n) is 5.96. The smallest absolute Gasteiger partial charge is 0.310 e. The Morgan fingerprint density at radius 1 is 1.40 bits per heavy atom. The van der Waals surface area contributed by atoms with E-state index in [9.17, 15) is 19.7 Å². The maximum Gasteiger partial charge on any atom is 0.310 e. The number of esters is 1. The molecule has 0 aliphatic carbocycles. The molecule has 1 saturated heterocycles. The number of nitro groups is 1. The number of ether oxygens (including phenoxy) is 1. The first-order valence-corrected chi connectivity index (χ1v) is 8.43. The number of carbonyl (C=O) groups excluding carboxylic acids is 2. The van der Waals surface area contributed by atoms with E-state index in [0.29, 0.717) is 19.7 Å². The van der Waals surface area contributed by atoms with Crippen molar-refractivity contribution in [1.29, 1.82) is 0 Å². The molecule has 8 nitrogen and oxygen atoms in total. The maximum atomic E-state index is 12.1. The Labute approximate surface area is 146 Å². The number of rotatable bonds is 7. The van der Waals surface area contributed by atoms with Crippen LogP contribution in [-0.2, 0) is 14.3 Å². The summed E-state index contributed by atoms with van der Waals surface area (Å²) in [6, 6.07) is 6.05. The number of benzene rings is 1. The summed E-state index contributed by atoms with van der Waals surface area (Å²) in [6.07, 6.45) is 1.90. The third-order valence-corrected chi connectivity index (χ3v) is 4.16. The summed E-state index contributed by atoms with van der Waals surface area (Å²) in [5, 5.41) is 13.6. The van der Waals surface area contributed by atoms with Gasteiger partial charge in [-0.1, -0.05) is 12.1 Å². The van der Waals surface area contributed by atoms with Crippen LogP contribution in [0, 0.1) is 16.0 Å². The minimum absolute atomic E-state index is 0.129. The second kappa shape index (κ2) is 9.12. The molecule has 0 bridgehead atoms. The lowest BCUT2D eigenvalue weighted by atomic mass is 9.98. The Morgan fingerprint density at radius 2 is 2.16 bits per heavy atom. The summed E-state index contributed by atoms with van der Waals surface area (Å²) in [5.41, 5.74) is 0.0664. The van der Waals surface area contributed by atoms with Gasteiger partial charge in [0, 0.05) is 25.6 Å². The van der Waals surface area contributed by atoms with Crippen molar-refractivity contribution in [2.75, 3.05) is 31.6 Å². The van der Waals surface area contributed by atoms with Gasteiger partial charge in [-0.05, 0) is 32.4 Å². The highest BCUT2D eigenvalue weighted by Crippen LogP contribution is 2.23. The van der Waals surface area contributed by atoms with Crippen LogP contribution in [0.1, 0.15) is 26.2 Å². The first kappa shape index (κ1) is 18.9. The van der Waals surface area contributed by atoms with Crippen LogP contribution in [0.25, 0.3) is 0 Å². The number of nitro benzene ring substituents is 1. The molecule has 8 heteroatoms. The summed E-state index contributed by atoms with van der Waals surface area (Å²) in [7, 11) is 0. The zero-order valence-corrected chi connectivity index (χ0v) is 14.3. The number of piperidine rings is 1. The lowest BCUT2D eigenvalue weighted by Crippen LogP contribution is -2.40. The van der Waals surface area contributed by atoms with E-state index in [2.05, 4.69) is 10.2 Å². The van der Waals surface area contributed by atoms with Gasteiger partial charge < -0.3 is 15.0 Å². The quantitative estimate of drug-likeness (QED) is 0.460. The highest BCUT2D eigenvalue weighted by molar-refractivity contribution is 5.93. The van der Waals surface area contributed by atoms with Gasteiger partial charge in [-0.2, -0.15) is 0 Å². The van der Waals surface area contributed by atoms with E-state index in [0.717, 1.165) is 19.4 Å². The van der Waals surface area contributed by atoms with Crippen molar-refractivity contribution in [3.8, 4) is 0 Å². The SMILES string of the molecule is CCOC(=O)C1CCCN(CCC(=O)Nc2ccccc2[N+](=O)[O-])C1. The number of likely N-dealkylation sites (tertiary alicyclic amines) is 1. The molecule has 0 saturated carbocycles. The van der Waals surface area contributed by atoms with Crippen LogP contribution in [0.3, 0.4) is 0 Å². The normalized spacial score (nSPS) is 17.7. The topological polar surface area (TPSA) is 102 Å². The molecule has 1 aliphatic heterocycles. The molecular weight excluding hydrogens is 326 g/mol. The molecule has 1 atom stereocenters. The summed E-state index contributed by atoms with van der Waals surface area (Å²) < 4.78 is 5.06. The maximum absolute atomic E-state index is 12.1. The van der Waals surface area contributed by atoms with Crippen molar-refractivity contribution in [2.45, 2.75) is 26.2 Å². The standard InChI is InChI=1S/C17H23N3O5/c1-2-25-17(22)13-6-5-10-19(12-13)11-9-16(21)18-14-7-3-4-8-15(14)20(23)24/h3-4,7-8,13H,2,5-6,9-12H2,1H3,(H,18,21). The Hall–Kier alpha value is -2.48. The van der Waals surface area contributed by atoms with Gasteiger partial charge in [-0.15, -0.1) is 0 Å². The third-order valence-electron chi connectivity index (χ3n) is 4.16. The zero-order chi connectivity index (χ0) is 18.2. The van der Waals surface area contributed by atoms with Gasteiger partial charge >= 0.3 is 5.97 Å². The predicted octanol–water partition coefficient (Wildman–Crippen LogP) is 2.20. The highest BCUT2D eigenvalue weighted by Gasteiger charge is 2.27. The number of para-hydroxylation sites is 2. The fourth-order valence-corrected chi connectivity index (χ4v) is 2.92. The number of anilines is 1. The lowest BCUT2D eigenvalue weighted by molar-refractivity contribution is -0.383. The summed E-state index contributed by atoms with van der Waals surface area (Å²) in [5.74, 6) is -0.615. The molecule has 1 aliphatic rings. The van der Waals surface area contributed by atoms with Gasteiger partial charge in [0.25, 0.3) is 5.69 Å². The molecule has 2 rings (SSSR count). The van der Waals surface area contributed by atoms with E-state index in [1.165, 1.54) is 12.1 Å². The second-order valence-corrected chi connectivity index (χ2v) is 5.96. The zero-order valence-electron chi connectivity index (χ0n) is 14.3. The summed E-state index contributed by atoms with van der Waals surface area (Å²) in [6.45, 7) is 4.06. The Bertz CT molecular complexity index is 634. The van der Waals surface area contributed by atoms with Gasteiger partial charge in [0.05, 0.1) is 17.4 Å². The molecule has 1 fully saturated rings. The highest BCUT2D eigenvalue weighted by atomic mass is 16.6. The van der Waals surface area contributed by atoms with Crippen molar-refractivity contribution < 1.29 is 19.2 Å². The minimum atomic E-state index is -0.524. The van der Waals surface area contributed by atoms with Crippen molar-refractivity contribution in [3.63, 3.8) is 0 Å². The van der Waals surface area contributed by atoms with Crippen molar-refractivity contribution in [1.82, 2.24) is 4.90 Å². The number of hydrogen-bond acceptors (Lipinski definition) is 6. The number of nitrogens with zero attached hydrogens (tertiary/aromatic N) is 2. The van der Waals surface area contributed by atoms with Crippen LogP contribution < -0.4 is 5.32 Å². The van der Waals surface area contributed by atoms with E-state index in [1.807, 2.05) is 0 Å². The average Bonchev–Trinajstić information content (AvgIpc) is 2.61. The number of amides is 1. The Kier molecular flexibility index (Phi) is 6.88. The molecule has 1 aromatic rings. The Morgan fingerprint density at radius 3 is 2.88 bits per heavy atom. The molecule has 1 unspecified atom stereocenters. The molecule has 1 aromatic carbocycles. The van der Waals surface area contributed by atoms with Crippen molar-refractivity contribution in [2.24, 2.45) is 5.92 Å². The van der Waals surface area contributed by atoms with Crippen LogP contribution in [0.2, 0.25) is 0 Å². The van der Waals surface area contributed by atoms with Gasteiger partial charge in [0.1, 0.15) is 5.69 Å². The van der Waals surface area contributed by atoms with Gasteiger partial charge in [0.15, 0.2) is 0 Å². The van der Waals surface area contributed by atoms with Crippen molar-refractivity contribution >= 4 is 23.3 Å². The van der Waals surface area contributed by atoms with Gasteiger partial charge in [-0.25, -0.2) is 0 Å². The van der Waals surface area contributed by atoms with Crippen LogP contribution in [0.5, 0.6) is 0 Å². The fraction of sp³-hybridized carbons (Fsp3) is 0.529. The summed E-state index contributed by atoms with van der Waals surface area (Å²) >= 11 is 0. The first-order valence-electron chi connectivity index (χ1n) is 8.43. The van der Waals surface area contributed by atoms with E-state index in [-0.39, 0.29) is 35.6 Å². The number of nitrogens with one attached hydrogen (secondary N) is 1. The van der Waals surface area contributed by atoms with E-state index in [1.54, 1.807) is 19.1 Å². The molecule has 25 heavy (non-hydrogen) atoms. The molecule has 136 valence electrons. The monoisotopic (exact) mass is 349 g/mol. The van der Waals surface area contributed by atoms with E-state index >= 15 is 0 Å². The molecule has 0 aromatic heterocycles. The van der Waals surface area contributed by atoms with Gasteiger partial charge in [-0.3, -0.25) is 19.7 Å². The number of carbonyl (C=O) groups is 2. The molecular formula is C17H23N3O5. The summed E-state index contributed by atoms with van der Waals surface area (Å²) in [4.78, 5) is 36.4. The largest absolute Gasteiger partial charge is 0.466 e. The van der Waals surface area contributed by atoms with Crippen LogP contribution in [-0.4, -0.2) is 47.9 Å². The van der Waals surface area contributed by atoms with Crippen LogP contribution in [0.4, 0.5) is 11.4 Å². The minimum Gasteiger partial charge on any atom is -0.466 e. The molecule has 1 N–H and O–H groups in total. The number of hydrogen-bond donors (Lipinski definition) is 1. The van der Waals surface area contributed by atoms with Gasteiger partial charge in [0.2, 0.25) is 5.91 Å². The third kappa shape index (κ3) is 5.53. The van der Waals surface area contributed by atoms with Crippen molar-refractivity contribution in [3.05, 3.63) is 34.4 Å². The average molecular weight is 349 g/mol. The molecule has 1 heterocycles. The van der Waals surface area contributed by atoms with E-state index < -0.39 is 4.92 Å². The molecule has 1 amide bonds. The fourth-order valence-electron chi connectivity index (χ4n) is 2.92. The van der Waals surface area contributed by atoms with Crippen LogP contribution in [0.15, 0.2) is 24.3 Å². The first-order chi connectivity index (χ1) is 12.0. The lowest BCUT2D eigenvalue weighted by Gasteiger charge is -2.31. The van der Waals surface area contributed by atoms with E-state index in [4.69, 9.17) is 4.74 Å². The van der Waals surface area contributed by atoms with Crippen LogP contribution >= 0.6 is 0 Å².